The maximum absolute atomic E-state index is 12.8. The van der Waals surface area contributed by atoms with E-state index in [0.29, 0.717) is 38.3 Å². The van der Waals surface area contributed by atoms with Gasteiger partial charge in [-0.15, -0.1) is 0 Å². The number of hydrogen-bond donors (Lipinski definition) is 0. The average Bonchev–Trinajstić information content (AvgIpc) is 2.73. The molecule has 1 aromatic heterocycles. The van der Waals surface area contributed by atoms with Crippen molar-refractivity contribution in [2.45, 2.75) is 31.3 Å². The minimum atomic E-state index is -3.58. The molecule has 1 aromatic carbocycles. The normalized spacial score (nSPS) is 15.9. The summed E-state index contributed by atoms with van der Waals surface area (Å²) in [7, 11) is -3.58. The molecule has 28 heavy (non-hydrogen) atoms. The second-order valence-corrected chi connectivity index (χ2v) is 8.49. The molecule has 0 atom stereocenters. The van der Waals surface area contributed by atoms with Crippen LogP contribution < -0.4 is 4.74 Å². The van der Waals surface area contributed by atoms with Crippen molar-refractivity contribution in [2.75, 3.05) is 19.7 Å². The first-order valence-corrected chi connectivity index (χ1v) is 10.7. The molecule has 7 nitrogen and oxygen atoms in total. The number of nitrogens with zero attached hydrogens (tertiary/aromatic N) is 2. The number of carbonyl (C=O) groups excluding carboxylic acids is 1. The Kier molecular flexibility index (Phi) is 6.64. The summed E-state index contributed by atoms with van der Waals surface area (Å²) < 4.78 is 37.7. The number of esters is 1. The van der Waals surface area contributed by atoms with Crippen LogP contribution in [0.3, 0.4) is 0 Å². The fraction of sp³-hybridized carbons (Fsp3) is 0.400. The van der Waals surface area contributed by atoms with E-state index in [-0.39, 0.29) is 23.4 Å². The molecule has 2 heterocycles. The molecule has 3 rings (SSSR count). The Balaban J connectivity index is 1.54. The van der Waals surface area contributed by atoms with Crippen LogP contribution in [0.1, 0.15) is 25.3 Å². The highest BCUT2D eigenvalue weighted by Gasteiger charge is 2.32. The van der Waals surface area contributed by atoms with E-state index in [1.165, 1.54) is 4.31 Å². The van der Waals surface area contributed by atoms with Crippen LogP contribution in [0.5, 0.6) is 5.75 Å². The van der Waals surface area contributed by atoms with Crippen molar-refractivity contribution in [2.24, 2.45) is 5.92 Å². The van der Waals surface area contributed by atoms with Crippen molar-refractivity contribution >= 4 is 16.0 Å². The highest BCUT2D eigenvalue weighted by molar-refractivity contribution is 7.89. The Morgan fingerprint density at radius 2 is 1.89 bits per heavy atom. The zero-order chi connectivity index (χ0) is 20.0. The van der Waals surface area contributed by atoms with E-state index < -0.39 is 10.0 Å². The van der Waals surface area contributed by atoms with E-state index >= 15 is 0 Å². The quantitative estimate of drug-likeness (QED) is 0.660. The van der Waals surface area contributed by atoms with Gasteiger partial charge in [0.25, 0.3) is 0 Å². The van der Waals surface area contributed by atoms with E-state index in [0.717, 1.165) is 5.56 Å². The van der Waals surface area contributed by atoms with Gasteiger partial charge in [0, 0.05) is 31.0 Å². The number of hydrogen-bond acceptors (Lipinski definition) is 6. The van der Waals surface area contributed by atoms with Gasteiger partial charge in [-0.1, -0.05) is 6.07 Å². The topological polar surface area (TPSA) is 85.8 Å². The third kappa shape index (κ3) is 4.88. The second-order valence-electron chi connectivity index (χ2n) is 6.55. The monoisotopic (exact) mass is 404 g/mol. The molecule has 1 saturated heterocycles. The second kappa shape index (κ2) is 9.16. The van der Waals surface area contributed by atoms with Crippen molar-refractivity contribution in [3.05, 3.63) is 54.4 Å². The highest BCUT2D eigenvalue weighted by Crippen LogP contribution is 2.26. The van der Waals surface area contributed by atoms with Crippen LogP contribution in [0.4, 0.5) is 0 Å². The number of carbonyl (C=O) groups is 1. The van der Waals surface area contributed by atoms with Crippen LogP contribution in [-0.2, 0) is 26.2 Å². The molecule has 1 aliphatic rings. The molecule has 8 heteroatoms. The lowest BCUT2D eigenvalue weighted by molar-refractivity contribution is -0.151. The molecule has 1 aliphatic heterocycles. The third-order valence-electron chi connectivity index (χ3n) is 4.66. The summed E-state index contributed by atoms with van der Waals surface area (Å²) in [6.07, 6.45) is 4.20. The minimum absolute atomic E-state index is 0.178. The summed E-state index contributed by atoms with van der Waals surface area (Å²) >= 11 is 0. The lowest BCUT2D eigenvalue weighted by Gasteiger charge is -2.30. The van der Waals surface area contributed by atoms with E-state index in [2.05, 4.69) is 4.98 Å². The van der Waals surface area contributed by atoms with Crippen molar-refractivity contribution in [3.8, 4) is 5.75 Å². The first kappa shape index (κ1) is 20.3. The van der Waals surface area contributed by atoms with Crippen LogP contribution >= 0.6 is 0 Å². The fourth-order valence-corrected chi connectivity index (χ4v) is 4.58. The summed E-state index contributed by atoms with van der Waals surface area (Å²) in [4.78, 5) is 16.5. The lowest BCUT2D eigenvalue weighted by Crippen LogP contribution is -2.40. The molecule has 0 radical (unpaired) electrons. The van der Waals surface area contributed by atoms with Crippen LogP contribution in [0, 0.1) is 5.92 Å². The summed E-state index contributed by atoms with van der Waals surface area (Å²) in [5.74, 6) is 0.0574. The molecule has 2 aromatic rings. The van der Waals surface area contributed by atoms with Crippen LogP contribution in [0.25, 0.3) is 0 Å². The first-order valence-electron chi connectivity index (χ1n) is 9.29. The smallest absolute Gasteiger partial charge is 0.309 e. The Morgan fingerprint density at radius 1 is 1.18 bits per heavy atom. The van der Waals surface area contributed by atoms with Crippen molar-refractivity contribution < 1.29 is 22.7 Å². The largest absolute Gasteiger partial charge is 0.494 e. The van der Waals surface area contributed by atoms with Gasteiger partial charge >= 0.3 is 5.97 Å². The maximum atomic E-state index is 12.8. The molecule has 0 saturated carbocycles. The predicted octanol–water partition coefficient (Wildman–Crippen LogP) is 2.62. The van der Waals surface area contributed by atoms with Crippen LogP contribution in [0.2, 0.25) is 0 Å². The molecular weight excluding hydrogens is 380 g/mol. The fourth-order valence-electron chi connectivity index (χ4n) is 3.11. The molecule has 0 unspecified atom stereocenters. The van der Waals surface area contributed by atoms with E-state index in [4.69, 9.17) is 9.47 Å². The number of pyridine rings is 1. The Bertz CT molecular complexity index is 877. The molecule has 0 spiro atoms. The van der Waals surface area contributed by atoms with E-state index in [1.807, 2.05) is 13.0 Å². The van der Waals surface area contributed by atoms with Gasteiger partial charge in [0.05, 0.1) is 17.4 Å². The van der Waals surface area contributed by atoms with Gasteiger partial charge in [-0.25, -0.2) is 8.42 Å². The van der Waals surface area contributed by atoms with Gasteiger partial charge in [0.15, 0.2) is 0 Å². The third-order valence-corrected chi connectivity index (χ3v) is 6.58. The summed E-state index contributed by atoms with van der Waals surface area (Å²) in [5.41, 5.74) is 0.825. The summed E-state index contributed by atoms with van der Waals surface area (Å²) in [5, 5.41) is 0. The zero-order valence-corrected chi connectivity index (χ0v) is 16.6. The van der Waals surface area contributed by atoms with Gasteiger partial charge in [-0.3, -0.25) is 9.78 Å². The average molecular weight is 404 g/mol. The molecule has 1 fully saturated rings. The van der Waals surface area contributed by atoms with Gasteiger partial charge in [0.1, 0.15) is 12.4 Å². The number of piperidine rings is 1. The van der Waals surface area contributed by atoms with Gasteiger partial charge in [-0.05, 0) is 50.1 Å². The van der Waals surface area contributed by atoms with E-state index in [1.54, 1.807) is 42.7 Å². The molecule has 0 aliphatic carbocycles. The first-order chi connectivity index (χ1) is 13.5. The van der Waals surface area contributed by atoms with Gasteiger partial charge in [0.2, 0.25) is 10.0 Å². The van der Waals surface area contributed by atoms with E-state index in [9.17, 15) is 13.2 Å². The van der Waals surface area contributed by atoms with Crippen LogP contribution in [-0.4, -0.2) is 43.4 Å². The molecular formula is C20H24N2O5S. The summed E-state index contributed by atoms with van der Waals surface area (Å²) in [6, 6.07) is 10.0. The number of aromatic nitrogens is 1. The SMILES string of the molecule is CCOc1ccc(S(=O)(=O)N2CCC(C(=O)OCc3cccnc3)CC2)cc1. The van der Waals surface area contributed by atoms with Gasteiger partial charge < -0.3 is 9.47 Å². The molecule has 150 valence electrons. The van der Waals surface area contributed by atoms with Gasteiger partial charge in [-0.2, -0.15) is 4.31 Å². The minimum Gasteiger partial charge on any atom is -0.494 e. The van der Waals surface area contributed by atoms with Crippen molar-refractivity contribution in [3.63, 3.8) is 0 Å². The Labute approximate surface area is 165 Å². The number of rotatable bonds is 7. The standard InChI is InChI=1S/C20H24N2O5S/c1-2-26-18-5-7-19(8-6-18)28(24,25)22-12-9-17(10-13-22)20(23)27-15-16-4-3-11-21-14-16/h3-8,11,14,17H,2,9-10,12-13,15H2,1H3. The molecule has 0 N–H and O–H groups in total. The zero-order valence-electron chi connectivity index (χ0n) is 15.8. The summed E-state index contributed by atoms with van der Waals surface area (Å²) in [6.45, 7) is 3.16. The number of ether oxygens (including phenoxy) is 2. The van der Waals surface area contributed by atoms with Crippen molar-refractivity contribution in [1.82, 2.24) is 9.29 Å². The lowest BCUT2D eigenvalue weighted by atomic mass is 9.98. The number of sulfonamides is 1. The Hall–Kier alpha value is -2.45. The highest BCUT2D eigenvalue weighted by atomic mass is 32.2. The maximum Gasteiger partial charge on any atom is 0.309 e. The van der Waals surface area contributed by atoms with Crippen LogP contribution in [0.15, 0.2) is 53.7 Å². The molecule has 0 amide bonds. The Morgan fingerprint density at radius 3 is 2.50 bits per heavy atom. The van der Waals surface area contributed by atoms with Crippen molar-refractivity contribution in [1.29, 1.82) is 0 Å². The molecule has 0 bridgehead atoms. The predicted molar refractivity (Wildman–Crippen MR) is 103 cm³/mol. The number of benzene rings is 1.